The molecular formula is C79H49BN2O. The van der Waals surface area contributed by atoms with E-state index in [1.807, 2.05) is 12.1 Å². The number of hydrogen-bond acceptors (Lipinski definition) is 2. The number of rotatable bonds is 9. The minimum atomic E-state index is -0.272. The van der Waals surface area contributed by atoms with Crippen molar-refractivity contribution < 1.29 is 4.74 Å². The Morgan fingerprint density at radius 2 is 0.735 bits per heavy atom. The first kappa shape index (κ1) is 48.0. The molecule has 13 aromatic carbocycles. The molecular weight excluding hydrogens is 1000 g/mol. The molecule has 0 radical (unpaired) electrons. The van der Waals surface area contributed by atoms with Crippen LogP contribution in [0.3, 0.4) is 0 Å². The van der Waals surface area contributed by atoms with Crippen LogP contribution >= 0.6 is 0 Å². The Balaban J connectivity index is 1.05. The molecule has 0 aliphatic carbocycles. The number of nitrogens with zero attached hydrogens (tertiary/aromatic N) is 2. The maximum Gasteiger partial charge on any atom is 0.256 e. The SMILES string of the molecule is N#Cc1ccc(-c2cc3c4c(c2)-n2c5ccc(-c6ccccc6-c6ccccc6)cc5c5cc(-c6ccccc6-c6ccccc6)cc(c52)B4c2cc(-c4ccccc4-c4ccccc4)cc(-c4ccccc4-c4ccccc4)c2O3)cc1. The molecule has 1 aromatic heterocycles. The highest BCUT2D eigenvalue weighted by atomic mass is 16.5. The Morgan fingerprint density at radius 1 is 0.313 bits per heavy atom. The summed E-state index contributed by atoms with van der Waals surface area (Å²) in [4.78, 5) is 0. The maximum atomic E-state index is 9.96. The first-order chi connectivity index (χ1) is 41.1. The van der Waals surface area contributed by atoms with Crippen molar-refractivity contribution >= 4 is 44.9 Å². The zero-order chi connectivity index (χ0) is 55.0. The van der Waals surface area contributed by atoms with Crippen LogP contribution in [0.15, 0.2) is 297 Å². The molecule has 0 spiro atoms. The van der Waals surface area contributed by atoms with Gasteiger partial charge in [-0.05, 0) is 159 Å². The number of hydrogen-bond donors (Lipinski definition) is 0. The van der Waals surface area contributed by atoms with Crippen LogP contribution in [-0.4, -0.2) is 11.3 Å². The van der Waals surface area contributed by atoms with Gasteiger partial charge >= 0.3 is 0 Å². The lowest BCUT2D eigenvalue weighted by atomic mass is 9.34. The average molecular weight is 1050 g/mol. The van der Waals surface area contributed by atoms with E-state index in [9.17, 15) is 5.26 Å². The summed E-state index contributed by atoms with van der Waals surface area (Å²) in [6.07, 6.45) is 0. The van der Waals surface area contributed by atoms with Crippen molar-refractivity contribution in [3.63, 3.8) is 0 Å². The van der Waals surface area contributed by atoms with E-state index in [0.29, 0.717) is 5.56 Å². The molecule has 0 atom stereocenters. The highest BCUT2D eigenvalue weighted by Gasteiger charge is 2.43. The zero-order valence-electron chi connectivity index (χ0n) is 45.2. The molecule has 2 aliphatic rings. The summed E-state index contributed by atoms with van der Waals surface area (Å²) in [6.45, 7) is -0.272. The molecule has 14 aromatic rings. The van der Waals surface area contributed by atoms with E-state index < -0.39 is 0 Å². The van der Waals surface area contributed by atoms with E-state index in [-0.39, 0.29) is 6.71 Å². The van der Waals surface area contributed by atoms with Gasteiger partial charge in [0.05, 0.1) is 17.1 Å². The lowest BCUT2D eigenvalue weighted by Gasteiger charge is -2.35. The molecule has 384 valence electrons. The van der Waals surface area contributed by atoms with Gasteiger partial charge in [0.1, 0.15) is 11.5 Å². The van der Waals surface area contributed by atoms with Gasteiger partial charge in [-0.2, -0.15) is 5.26 Å². The Hall–Kier alpha value is -11.0. The number of aromatic nitrogens is 1. The number of benzene rings is 13. The number of nitriles is 1. The predicted molar refractivity (Wildman–Crippen MR) is 346 cm³/mol. The molecule has 4 heteroatoms. The summed E-state index contributed by atoms with van der Waals surface area (Å²) < 4.78 is 10.3. The van der Waals surface area contributed by atoms with Gasteiger partial charge in [0.15, 0.2) is 0 Å². The van der Waals surface area contributed by atoms with Crippen LogP contribution < -0.4 is 21.1 Å². The van der Waals surface area contributed by atoms with E-state index in [1.165, 1.54) is 55.1 Å². The fraction of sp³-hybridized carbons (Fsp3) is 0. The molecule has 16 rings (SSSR count). The van der Waals surface area contributed by atoms with Gasteiger partial charge in [-0.15, -0.1) is 0 Å². The first-order valence-electron chi connectivity index (χ1n) is 28.4. The Labute approximate surface area is 483 Å². The van der Waals surface area contributed by atoms with Crippen molar-refractivity contribution in [3.8, 4) is 123 Å². The Kier molecular flexibility index (Phi) is 11.4. The third-order valence-electron chi connectivity index (χ3n) is 17.1. The molecule has 0 bridgehead atoms. The second-order valence-corrected chi connectivity index (χ2v) is 21.7. The van der Waals surface area contributed by atoms with Crippen molar-refractivity contribution in [2.24, 2.45) is 0 Å². The molecule has 0 saturated heterocycles. The van der Waals surface area contributed by atoms with Gasteiger partial charge in [0.25, 0.3) is 6.71 Å². The van der Waals surface area contributed by atoms with Crippen LogP contribution in [0.2, 0.25) is 0 Å². The Bertz CT molecular complexity index is 4930. The van der Waals surface area contributed by atoms with Gasteiger partial charge in [-0.1, -0.05) is 249 Å². The normalized spacial score (nSPS) is 11.9. The largest absolute Gasteiger partial charge is 0.458 e. The summed E-state index contributed by atoms with van der Waals surface area (Å²) in [5, 5.41) is 12.3. The van der Waals surface area contributed by atoms with E-state index in [1.54, 1.807) is 0 Å². The van der Waals surface area contributed by atoms with Crippen molar-refractivity contribution in [1.82, 2.24) is 4.57 Å². The molecule has 83 heavy (non-hydrogen) atoms. The van der Waals surface area contributed by atoms with Crippen molar-refractivity contribution in [3.05, 3.63) is 303 Å². The smallest absolute Gasteiger partial charge is 0.256 e. The van der Waals surface area contributed by atoms with Crippen LogP contribution in [-0.2, 0) is 0 Å². The van der Waals surface area contributed by atoms with E-state index in [4.69, 9.17) is 4.74 Å². The molecule has 2 aliphatic heterocycles. The van der Waals surface area contributed by atoms with Crippen LogP contribution in [0.4, 0.5) is 0 Å². The fourth-order valence-corrected chi connectivity index (χ4v) is 13.4. The second-order valence-electron chi connectivity index (χ2n) is 21.7. The molecule has 0 amide bonds. The summed E-state index contributed by atoms with van der Waals surface area (Å²) in [6, 6.07) is 110. The molecule has 0 saturated carbocycles. The quantitative estimate of drug-likeness (QED) is 0.135. The highest BCUT2D eigenvalue weighted by Crippen LogP contribution is 2.48. The van der Waals surface area contributed by atoms with Crippen LogP contribution in [0.25, 0.3) is 128 Å². The second kappa shape index (κ2) is 19.7. The molecule has 0 unspecified atom stereocenters. The average Bonchev–Trinajstić information content (AvgIpc) is 1.77. The highest BCUT2D eigenvalue weighted by molar-refractivity contribution is 6.99. The van der Waals surface area contributed by atoms with Gasteiger partial charge in [0.2, 0.25) is 0 Å². The van der Waals surface area contributed by atoms with Gasteiger partial charge in [0, 0.05) is 27.5 Å². The van der Waals surface area contributed by atoms with E-state index >= 15 is 0 Å². The summed E-state index contributed by atoms with van der Waals surface area (Å²) in [7, 11) is 0. The summed E-state index contributed by atoms with van der Waals surface area (Å²) in [5.41, 5.74) is 27.7. The lowest BCUT2D eigenvalue weighted by molar-refractivity contribution is 0.489. The summed E-state index contributed by atoms with van der Waals surface area (Å²) in [5.74, 6) is 1.64. The van der Waals surface area contributed by atoms with Crippen molar-refractivity contribution in [1.29, 1.82) is 5.26 Å². The van der Waals surface area contributed by atoms with Crippen molar-refractivity contribution in [2.75, 3.05) is 0 Å². The monoisotopic (exact) mass is 1050 g/mol. The molecule has 3 nitrogen and oxygen atoms in total. The first-order valence-corrected chi connectivity index (χ1v) is 28.4. The third kappa shape index (κ3) is 7.97. The van der Waals surface area contributed by atoms with Crippen LogP contribution in [0, 0.1) is 11.3 Å². The van der Waals surface area contributed by atoms with Crippen LogP contribution in [0.1, 0.15) is 5.56 Å². The number of ether oxygens (including phenoxy) is 1. The van der Waals surface area contributed by atoms with Crippen LogP contribution in [0.5, 0.6) is 11.5 Å². The Morgan fingerprint density at radius 3 is 1.25 bits per heavy atom. The van der Waals surface area contributed by atoms with Gasteiger partial charge < -0.3 is 9.30 Å². The maximum absolute atomic E-state index is 9.96. The molecule has 0 N–H and O–H groups in total. The predicted octanol–water partition coefficient (Wildman–Crippen LogP) is 18.6. The minimum absolute atomic E-state index is 0.272. The van der Waals surface area contributed by atoms with E-state index in [2.05, 4.69) is 296 Å². The zero-order valence-corrected chi connectivity index (χ0v) is 45.2. The fourth-order valence-electron chi connectivity index (χ4n) is 13.4. The molecule has 0 fully saturated rings. The van der Waals surface area contributed by atoms with Gasteiger partial charge in [-0.25, -0.2) is 0 Å². The third-order valence-corrected chi connectivity index (χ3v) is 17.1. The standard InChI is InChI=1S/C79H49BN2O/c81-50-51-37-39-52(40-38-51)58-48-75-77-76(49-58)83-79-71(68-36-20-19-32-64(68)56-27-11-4-12-28-56)45-60(67-35-18-15-31-63(67)55-25-9-3-10-26-55)47-73(79)80(77)72-46-59(66-34-17-14-30-62(66)54-23-7-2-8-24-54)44-70-69-43-57(41-42-74(69)82(75)78(70)72)65-33-16-13-29-61(65)53-21-5-1-6-22-53/h1-49H. The number of fused-ring (bicyclic) bond motifs is 7. The summed E-state index contributed by atoms with van der Waals surface area (Å²) >= 11 is 0. The lowest BCUT2D eigenvalue weighted by Crippen LogP contribution is -2.58. The van der Waals surface area contributed by atoms with Crippen molar-refractivity contribution in [2.45, 2.75) is 0 Å². The molecule has 3 heterocycles. The van der Waals surface area contributed by atoms with Gasteiger partial charge in [-0.3, -0.25) is 0 Å². The van der Waals surface area contributed by atoms with E-state index in [0.717, 1.165) is 100 Å². The minimum Gasteiger partial charge on any atom is -0.458 e. The topological polar surface area (TPSA) is 38.0 Å².